The van der Waals surface area contributed by atoms with Crippen LogP contribution >= 0.6 is 0 Å². The van der Waals surface area contributed by atoms with Crippen LogP contribution in [0.25, 0.3) is 11.0 Å². The van der Waals surface area contributed by atoms with Crippen LogP contribution in [-0.2, 0) is 22.5 Å². The number of nitrogens with one attached hydrogen (secondary N) is 1. The molecule has 21 heavy (non-hydrogen) atoms. The average Bonchev–Trinajstić information content (AvgIpc) is 2.85. The lowest BCUT2D eigenvalue weighted by molar-refractivity contribution is -0.144. The Morgan fingerprint density at radius 1 is 1.33 bits per heavy atom. The van der Waals surface area contributed by atoms with Gasteiger partial charge >= 0.3 is 5.97 Å². The van der Waals surface area contributed by atoms with Crippen molar-refractivity contribution in [3.8, 4) is 0 Å². The fourth-order valence-electron chi connectivity index (χ4n) is 2.56. The van der Waals surface area contributed by atoms with Gasteiger partial charge in [0.15, 0.2) is 0 Å². The Morgan fingerprint density at radius 3 is 2.67 bits per heavy atom. The number of carbonyl (C=O) groups is 1. The van der Waals surface area contributed by atoms with E-state index in [1.807, 2.05) is 32.0 Å². The molecule has 1 aromatic carbocycles. The number of para-hydroxylation sites is 1. The second-order valence-electron chi connectivity index (χ2n) is 5.48. The van der Waals surface area contributed by atoms with Crippen molar-refractivity contribution in [3.05, 3.63) is 35.6 Å². The van der Waals surface area contributed by atoms with Crippen LogP contribution < -0.4 is 5.32 Å². The van der Waals surface area contributed by atoms with Crippen molar-refractivity contribution in [3.63, 3.8) is 0 Å². The van der Waals surface area contributed by atoms with E-state index >= 15 is 0 Å². The van der Waals surface area contributed by atoms with Gasteiger partial charge in [-0.05, 0) is 12.0 Å². The van der Waals surface area contributed by atoms with E-state index in [0.717, 1.165) is 28.7 Å². The molecule has 0 aliphatic heterocycles. The highest BCUT2D eigenvalue weighted by Gasteiger charge is 2.23. The van der Waals surface area contributed by atoms with Gasteiger partial charge in [-0.25, -0.2) is 0 Å². The lowest BCUT2D eigenvalue weighted by Gasteiger charge is -2.19. The van der Waals surface area contributed by atoms with Crippen molar-refractivity contribution in [1.29, 1.82) is 0 Å². The van der Waals surface area contributed by atoms with Crippen molar-refractivity contribution in [2.75, 3.05) is 7.11 Å². The van der Waals surface area contributed by atoms with E-state index in [0.29, 0.717) is 6.54 Å². The number of methoxy groups -OCH3 is 1. The minimum Gasteiger partial charge on any atom is -0.468 e. The molecule has 1 aromatic heterocycles. The first kappa shape index (κ1) is 15.6. The standard InChI is InChI=1S/C17H23NO3/c1-5-14-13(12-8-6-7-9-15(12)21-14)10-18-16(11(2)3)17(19)20-4/h6-9,11,16,18H,5,10H2,1-4H3/t16-/m0/s1. The van der Waals surface area contributed by atoms with Crippen molar-refractivity contribution in [1.82, 2.24) is 5.32 Å². The van der Waals surface area contributed by atoms with Gasteiger partial charge in [0.05, 0.1) is 7.11 Å². The Hall–Kier alpha value is -1.81. The highest BCUT2D eigenvalue weighted by atomic mass is 16.5. The lowest BCUT2D eigenvalue weighted by Crippen LogP contribution is -2.41. The number of aryl methyl sites for hydroxylation is 1. The highest BCUT2D eigenvalue weighted by molar-refractivity contribution is 5.82. The number of furan rings is 1. The van der Waals surface area contributed by atoms with Gasteiger partial charge in [0.2, 0.25) is 0 Å². The molecule has 2 rings (SSSR count). The van der Waals surface area contributed by atoms with Crippen LogP contribution in [0.5, 0.6) is 0 Å². The molecule has 0 amide bonds. The van der Waals surface area contributed by atoms with Crippen LogP contribution in [0.15, 0.2) is 28.7 Å². The summed E-state index contributed by atoms with van der Waals surface area (Å²) in [5.74, 6) is 0.910. The van der Waals surface area contributed by atoms with Gasteiger partial charge in [0.1, 0.15) is 17.4 Å². The quantitative estimate of drug-likeness (QED) is 0.829. The van der Waals surface area contributed by atoms with E-state index in [1.54, 1.807) is 0 Å². The third-order valence-electron chi connectivity index (χ3n) is 3.72. The fourth-order valence-corrected chi connectivity index (χ4v) is 2.56. The molecule has 0 saturated carbocycles. The van der Waals surface area contributed by atoms with Gasteiger partial charge in [-0.3, -0.25) is 10.1 Å². The van der Waals surface area contributed by atoms with E-state index in [1.165, 1.54) is 7.11 Å². The Kier molecular flexibility index (Phi) is 5.02. The van der Waals surface area contributed by atoms with Crippen LogP contribution in [0.4, 0.5) is 0 Å². The van der Waals surface area contributed by atoms with Crippen molar-refractivity contribution in [2.45, 2.75) is 39.8 Å². The third kappa shape index (κ3) is 3.27. The molecule has 0 spiro atoms. The molecule has 0 fully saturated rings. The molecule has 0 unspecified atom stereocenters. The lowest BCUT2D eigenvalue weighted by atomic mass is 10.0. The maximum atomic E-state index is 11.8. The monoisotopic (exact) mass is 289 g/mol. The van der Waals surface area contributed by atoms with Gasteiger partial charge in [-0.1, -0.05) is 39.0 Å². The molecule has 4 heteroatoms. The molecule has 0 bridgehead atoms. The molecule has 4 nitrogen and oxygen atoms in total. The molecule has 0 saturated heterocycles. The zero-order valence-corrected chi connectivity index (χ0v) is 13.1. The molecule has 0 aliphatic rings. The number of ether oxygens (including phenoxy) is 1. The summed E-state index contributed by atoms with van der Waals surface area (Å²) in [6, 6.07) is 7.68. The van der Waals surface area contributed by atoms with E-state index in [4.69, 9.17) is 9.15 Å². The zero-order chi connectivity index (χ0) is 15.4. The SMILES string of the molecule is CCc1oc2ccccc2c1CN[C@H](C(=O)OC)C(C)C. The molecule has 0 radical (unpaired) electrons. The Balaban J connectivity index is 2.24. The number of hydrogen-bond acceptors (Lipinski definition) is 4. The van der Waals surface area contributed by atoms with Gasteiger partial charge in [-0.2, -0.15) is 0 Å². The maximum Gasteiger partial charge on any atom is 0.323 e. The number of rotatable bonds is 6. The van der Waals surface area contributed by atoms with E-state index in [-0.39, 0.29) is 17.9 Å². The molecular formula is C17H23NO3. The summed E-state index contributed by atoms with van der Waals surface area (Å²) in [6.45, 7) is 6.67. The van der Waals surface area contributed by atoms with Crippen molar-refractivity contribution < 1.29 is 13.9 Å². The zero-order valence-electron chi connectivity index (χ0n) is 13.1. The predicted octanol–water partition coefficient (Wildman–Crippen LogP) is 3.28. The number of carbonyl (C=O) groups excluding carboxylic acids is 1. The Morgan fingerprint density at radius 2 is 2.05 bits per heavy atom. The van der Waals surface area contributed by atoms with Crippen molar-refractivity contribution >= 4 is 16.9 Å². The first-order valence-electron chi connectivity index (χ1n) is 7.39. The van der Waals surface area contributed by atoms with Gasteiger partial charge < -0.3 is 9.15 Å². The summed E-state index contributed by atoms with van der Waals surface area (Å²) >= 11 is 0. The van der Waals surface area contributed by atoms with Gasteiger partial charge in [-0.15, -0.1) is 0 Å². The molecular weight excluding hydrogens is 266 g/mol. The number of benzene rings is 1. The normalized spacial score (nSPS) is 12.8. The second-order valence-corrected chi connectivity index (χ2v) is 5.48. The van der Waals surface area contributed by atoms with E-state index in [9.17, 15) is 4.79 Å². The first-order valence-corrected chi connectivity index (χ1v) is 7.39. The highest BCUT2D eigenvalue weighted by Crippen LogP contribution is 2.26. The van der Waals surface area contributed by atoms with Crippen LogP contribution in [-0.4, -0.2) is 19.1 Å². The van der Waals surface area contributed by atoms with E-state index in [2.05, 4.69) is 18.3 Å². The van der Waals surface area contributed by atoms with Crippen LogP contribution in [0, 0.1) is 5.92 Å². The number of hydrogen-bond donors (Lipinski definition) is 1. The number of fused-ring (bicyclic) bond motifs is 1. The Labute approximate surface area is 125 Å². The second kappa shape index (κ2) is 6.76. The minimum atomic E-state index is -0.312. The summed E-state index contributed by atoms with van der Waals surface area (Å²) < 4.78 is 10.7. The van der Waals surface area contributed by atoms with Crippen LogP contribution in [0.2, 0.25) is 0 Å². The molecule has 2 aromatic rings. The minimum absolute atomic E-state index is 0.167. The summed E-state index contributed by atoms with van der Waals surface area (Å²) in [6.07, 6.45) is 0.830. The molecule has 1 atom stereocenters. The van der Waals surface area contributed by atoms with Crippen LogP contribution in [0.3, 0.4) is 0 Å². The molecule has 0 aliphatic carbocycles. The maximum absolute atomic E-state index is 11.8. The summed E-state index contributed by atoms with van der Waals surface area (Å²) in [5, 5.41) is 4.41. The summed E-state index contributed by atoms with van der Waals surface area (Å²) in [5.41, 5.74) is 2.02. The summed E-state index contributed by atoms with van der Waals surface area (Å²) in [7, 11) is 1.42. The van der Waals surface area contributed by atoms with Gasteiger partial charge in [0, 0.05) is 23.9 Å². The van der Waals surface area contributed by atoms with Crippen molar-refractivity contribution in [2.24, 2.45) is 5.92 Å². The predicted molar refractivity (Wildman–Crippen MR) is 83.1 cm³/mol. The average molecular weight is 289 g/mol. The summed E-state index contributed by atoms with van der Waals surface area (Å²) in [4.78, 5) is 11.8. The van der Waals surface area contributed by atoms with Gasteiger partial charge in [0.25, 0.3) is 0 Å². The van der Waals surface area contributed by atoms with Crippen LogP contribution in [0.1, 0.15) is 32.1 Å². The number of esters is 1. The first-order chi connectivity index (χ1) is 10.1. The topological polar surface area (TPSA) is 51.5 Å². The fraction of sp³-hybridized carbons (Fsp3) is 0.471. The molecule has 1 heterocycles. The molecule has 1 N–H and O–H groups in total. The Bertz CT molecular complexity index is 616. The largest absolute Gasteiger partial charge is 0.468 e. The third-order valence-corrected chi connectivity index (χ3v) is 3.72. The smallest absolute Gasteiger partial charge is 0.323 e. The molecule has 114 valence electrons. The van der Waals surface area contributed by atoms with E-state index < -0.39 is 0 Å².